The van der Waals surface area contributed by atoms with Crippen molar-refractivity contribution in [2.24, 2.45) is 5.10 Å². The molecule has 0 N–H and O–H groups in total. The molecule has 0 saturated carbocycles. The highest BCUT2D eigenvalue weighted by Gasteiger charge is 2.40. The predicted octanol–water partition coefficient (Wildman–Crippen LogP) is 7.16. The molecule has 0 radical (unpaired) electrons. The molecule has 0 bridgehead atoms. The molecule has 0 amide bonds. The lowest BCUT2D eigenvalue weighted by atomic mass is 9.96. The molecule has 2 aliphatic rings. The molecule has 2 atom stereocenters. The number of rotatable bonds is 5. The van der Waals surface area contributed by atoms with Crippen LogP contribution in [-0.2, 0) is 6.61 Å². The quantitative estimate of drug-likeness (QED) is 0.313. The van der Waals surface area contributed by atoms with Crippen molar-refractivity contribution in [3.63, 3.8) is 0 Å². The number of para-hydroxylation sites is 1. The van der Waals surface area contributed by atoms with Crippen molar-refractivity contribution in [1.29, 1.82) is 0 Å². The van der Waals surface area contributed by atoms with E-state index >= 15 is 0 Å². The first-order chi connectivity index (χ1) is 16.7. The molecule has 168 valence electrons. The number of benzene rings is 4. The highest BCUT2D eigenvalue weighted by molar-refractivity contribution is 6.30. The molecule has 4 aromatic carbocycles. The van der Waals surface area contributed by atoms with Gasteiger partial charge in [-0.1, -0.05) is 72.3 Å². The van der Waals surface area contributed by atoms with Crippen molar-refractivity contribution in [3.05, 3.63) is 130 Å². The number of hydrogen-bond acceptors (Lipinski definition) is 4. The fourth-order valence-corrected chi connectivity index (χ4v) is 4.67. The van der Waals surface area contributed by atoms with E-state index in [1.165, 1.54) is 0 Å². The summed E-state index contributed by atoms with van der Waals surface area (Å²) >= 11 is 6.10. The summed E-state index contributed by atoms with van der Waals surface area (Å²) in [4.78, 5) is 0. The van der Waals surface area contributed by atoms with Gasteiger partial charge in [-0.15, -0.1) is 0 Å². The Labute approximate surface area is 204 Å². The Kier molecular flexibility index (Phi) is 5.44. The summed E-state index contributed by atoms with van der Waals surface area (Å²) in [6.07, 6.45) is 0.504. The average molecular weight is 467 g/mol. The van der Waals surface area contributed by atoms with Gasteiger partial charge in [-0.3, -0.25) is 0 Å². The Hall–Kier alpha value is -3.76. The zero-order valence-electron chi connectivity index (χ0n) is 18.5. The van der Waals surface area contributed by atoms with Crippen LogP contribution in [0.4, 0.5) is 0 Å². The van der Waals surface area contributed by atoms with Gasteiger partial charge >= 0.3 is 0 Å². The van der Waals surface area contributed by atoms with Gasteiger partial charge in [0, 0.05) is 22.6 Å². The van der Waals surface area contributed by atoms with Crippen LogP contribution in [0.1, 0.15) is 40.9 Å². The highest BCUT2D eigenvalue weighted by atomic mass is 35.5. The van der Waals surface area contributed by atoms with Crippen LogP contribution >= 0.6 is 11.6 Å². The minimum absolute atomic E-state index is 0.120. The molecular formula is C29H23ClN2O2. The normalized spacial score (nSPS) is 18.5. The molecule has 4 nitrogen and oxygen atoms in total. The van der Waals surface area contributed by atoms with Crippen molar-refractivity contribution in [3.8, 4) is 11.5 Å². The minimum Gasteiger partial charge on any atom is -0.489 e. The van der Waals surface area contributed by atoms with Crippen LogP contribution < -0.4 is 9.47 Å². The number of halogens is 1. The Morgan fingerprint density at radius 2 is 1.59 bits per heavy atom. The van der Waals surface area contributed by atoms with Gasteiger partial charge in [0.25, 0.3) is 0 Å². The van der Waals surface area contributed by atoms with E-state index < -0.39 is 0 Å². The van der Waals surface area contributed by atoms with Crippen LogP contribution in [0.25, 0.3) is 0 Å². The number of hydrazone groups is 1. The lowest BCUT2D eigenvalue weighted by Gasteiger charge is -2.38. The van der Waals surface area contributed by atoms with Crippen LogP contribution in [0, 0.1) is 0 Å². The van der Waals surface area contributed by atoms with E-state index in [-0.39, 0.29) is 12.3 Å². The second-order valence-corrected chi connectivity index (χ2v) is 8.94. The van der Waals surface area contributed by atoms with Crippen LogP contribution in [-0.4, -0.2) is 10.7 Å². The molecule has 0 fully saturated rings. The maximum atomic E-state index is 6.46. The monoisotopic (exact) mass is 466 g/mol. The van der Waals surface area contributed by atoms with E-state index in [0.717, 1.165) is 50.9 Å². The van der Waals surface area contributed by atoms with E-state index in [0.29, 0.717) is 6.61 Å². The number of fused-ring (bicyclic) bond motifs is 3. The fraction of sp³-hybridized carbons (Fsp3) is 0.138. The number of ether oxygens (including phenoxy) is 2. The SMILES string of the molecule is Clc1ccc(C2=NN3[C@@H](C2)c2ccccc2O[C@H]3c2ccc(OCc3ccccc3)cc2)cc1. The van der Waals surface area contributed by atoms with Gasteiger partial charge in [-0.25, -0.2) is 5.01 Å². The second-order valence-electron chi connectivity index (χ2n) is 8.50. The zero-order valence-corrected chi connectivity index (χ0v) is 19.2. The Morgan fingerprint density at radius 1 is 0.853 bits per heavy atom. The van der Waals surface area contributed by atoms with E-state index in [1.807, 2.05) is 66.7 Å². The van der Waals surface area contributed by atoms with Gasteiger partial charge in [0.1, 0.15) is 18.1 Å². The zero-order chi connectivity index (χ0) is 22.9. The predicted molar refractivity (Wildman–Crippen MR) is 134 cm³/mol. The Balaban J connectivity index is 1.28. The maximum Gasteiger partial charge on any atom is 0.213 e. The first-order valence-corrected chi connectivity index (χ1v) is 11.8. The molecule has 2 aliphatic heterocycles. The third kappa shape index (κ3) is 4.02. The van der Waals surface area contributed by atoms with E-state index in [2.05, 4.69) is 41.4 Å². The van der Waals surface area contributed by atoms with Gasteiger partial charge in [0.15, 0.2) is 0 Å². The summed E-state index contributed by atoms with van der Waals surface area (Å²) in [5, 5.41) is 7.83. The molecular weight excluding hydrogens is 444 g/mol. The molecule has 5 heteroatoms. The van der Waals surface area contributed by atoms with Gasteiger partial charge in [0.2, 0.25) is 6.23 Å². The number of nitrogens with zero attached hydrogens (tertiary/aromatic N) is 2. The van der Waals surface area contributed by atoms with Crippen LogP contribution in [0.2, 0.25) is 5.02 Å². The van der Waals surface area contributed by atoms with Gasteiger partial charge in [-0.05, 0) is 53.6 Å². The smallest absolute Gasteiger partial charge is 0.213 e. The van der Waals surface area contributed by atoms with Gasteiger partial charge in [-0.2, -0.15) is 5.10 Å². The van der Waals surface area contributed by atoms with Crippen LogP contribution in [0.15, 0.2) is 108 Å². The summed E-state index contributed by atoms with van der Waals surface area (Å²) < 4.78 is 12.4. The molecule has 0 aromatic heterocycles. The average Bonchev–Trinajstić information content (AvgIpc) is 3.34. The molecule has 0 unspecified atom stereocenters. The molecule has 4 aromatic rings. The summed E-state index contributed by atoms with van der Waals surface area (Å²) in [5.74, 6) is 1.73. The van der Waals surface area contributed by atoms with E-state index in [9.17, 15) is 0 Å². The molecule has 0 spiro atoms. The van der Waals surface area contributed by atoms with Gasteiger partial charge in [0.05, 0.1) is 11.8 Å². The van der Waals surface area contributed by atoms with Crippen molar-refractivity contribution in [1.82, 2.24) is 5.01 Å². The fourth-order valence-electron chi connectivity index (χ4n) is 4.54. The molecule has 0 aliphatic carbocycles. The first kappa shape index (κ1) is 20.8. The summed E-state index contributed by atoms with van der Waals surface area (Å²) in [7, 11) is 0. The van der Waals surface area contributed by atoms with Gasteiger partial charge < -0.3 is 9.47 Å². The molecule has 6 rings (SSSR count). The Bertz CT molecular complexity index is 1320. The van der Waals surface area contributed by atoms with Crippen molar-refractivity contribution in [2.45, 2.75) is 25.3 Å². The van der Waals surface area contributed by atoms with Crippen LogP contribution in [0.3, 0.4) is 0 Å². The lowest BCUT2D eigenvalue weighted by Crippen LogP contribution is -2.33. The topological polar surface area (TPSA) is 34.1 Å². The largest absolute Gasteiger partial charge is 0.489 e. The highest BCUT2D eigenvalue weighted by Crippen LogP contribution is 2.47. The van der Waals surface area contributed by atoms with E-state index in [1.54, 1.807) is 0 Å². The summed E-state index contributed by atoms with van der Waals surface area (Å²) in [5.41, 5.74) is 5.46. The van der Waals surface area contributed by atoms with Crippen molar-refractivity contribution < 1.29 is 9.47 Å². The molecule has 0 saturated heterocycles. The molecule has 2 heterocycles. The maximum absolute atomic E-state index is 6.46. The van der Waals surface area contributed by atoms with Crippen molar-refractivity contribution >= 4 is 17.3 Å². The second kappa shape index (κ2) is 8.88. The Morgan fingerprint density at radius 3 is 2.38 bits per heavy atom. The lowest BCUT2D eigenvalue weighted by molar-refractivity contribution is -0.0190. The van der Waals surface area contributed by atoms with Crippen LogP contribution in [0.5, 0.6) is 11.5 Å². The van der Waals surface area contributed by atoms with Crippen molar-refractivity contribution in [2.75, 3.05) is 0 Å². The standard InChI is InChI=1S/C29H23ClN2O2/c30-23-14-10-21(11-15-23)26-18-27-25-8-4-5-9-28(25)34-29(32(27)31-26)22-12-16-24(17-13-22)33-19-20-6-2-1-3-7-20/h1-17,27,29H,18-19H2/t27-,29-/m0/s1. The summed E-state index contributed by atoms with van der Waals surface area (Å²) in [6.45, 7) is 0.538. The minimum atomic E-state index is -0.312. The van der Waals surface area contributed by atoms with E-state index in [4.69, 9.17) is 26.2 Å². The third-order valence-corrected chi connectivity index (χ3v) is 6.54. The third-order valence-electron chi connectivity index (χ3n) is 6.29. The first-order valence-electron chi connectivity index (χ1n) is 11.4. The summed E-state index contributed by atoms with van der Waals surface area (Å²) in [6, 6.07) is 34.5. The number of hydrogen-bond donors (Lipinski definition) is 0. The molecule has 34 heavy (non-hydrogen) atoms.